The van der Waals surface area contributed by atoms with Gasteiger partial charge in [-0.2, -0.15) is 4.31 Å². The molecule has 0 spiro atoms. The van der Waals surface area contributed by atoms with Crippen molar-refractivity contribution in [3.8, 4) is 0 Å². The topological polar surface area (TPSA) is 121 Å². The largest absolute Gasteiger partial charge is 0.480 e. The molecule has 1 aromatic rings. The molecule has 1 aliphatic heterocycles. The summed E-state index contributed by atoms with van der Waals surface area (Å²) in [4.78, 5) is 24.1. The number of piperazine rings is 1. The Labute approximate surface area is 128 Å². The van der Waals surface area contributed by atoms with Gasteiger partial charge < -0.3 is 15.7 Å². The number of hydrogen-bond acceptors (Lipinski definition) is 5. The van der Waals surface area contributed by atoms with Crippen molar-refractivity contribution >= 4 is 27.6 Å². The van der Waals surface area contributed by atoms with Crippen LogP contribution in [0.5, 0.6) is 0 Å². The van der Waals surface area contributed by atoms with Crippen molar-refractivity contribution in [2.24, 2.45) is 0 Å². The van der Waals surface area contributed by atoms with Crippen LogP contribution < -0.4 is 5.73 Å². The summed E-state index contributed by atoms with van der Waals surface area (Å²) >= 11 is 0. The van der Waals surface area contributed by atoms with E-state index in [0.29, 0.717) is 5.69 Å². The van der Waals surface area contributed by atoms with E-state index in [2.05, 4.69) is 0 Å². The number of carboxylic acid groups (broad SMARTS) is 1. The number of aliphatic carboxylic acids is 1. The van der Waals surface area contributed by atoms with Crippen LogP contribution >= 0.6 is 0 Å². The normalized spacial score (nSPS) is 19.9. The van der Waals surface area contributed by atoms with E-state index in [4.69, 9.17) is 5.73 Å². The van der Waals surface area contributed by atoms with E-state index in [1.165, 1.54) is 36.1 Å². The third-order valence-electron chi connectivity index (χ3n) is 3.55. The lowest BCUT2D eigenvalue weighted by Gasteiger charge is -2.37. The maximum absolute atomic E-state index is 12.6. The summed E-state index contributed by atoms with van der Waals surface area (Å²) in [5, 5.41) is 9.30. The second kappa shape index (κ2) is 5.93. The van der Waals surface area contributed by atoms with Crippen LogP contribution in [0.25, 0.3) is 0 Å². The van der Waals surface area contributed by atoms with Crippen molar-refractivity contribution < 1.29 is 23.1 Å². The number of rotatable bonds is 3. The van der Waals surface area contributed by atoms with Gasteiger partial charge in [0.15, 0.2) is 0 Å². The maximum Gasteiger partial charge on any atom is 0.323 e. The Balaban J connectivity index is 2.35. The van der Waals surface area contributed by atoms with Crippen molar-refractivity contribution in [3.63, 3.8) is 0 Å². The molecule has 2 rings (SSSR count). The Bertz CT molecular complexity index is 686. The number of carbonyl (C=O) groups is 2. The number of carbonyl (C=O) groups excluding carboxylic acids is 1. The first kappa shape index (κ1) is 16.2. The average Bonchev–Trinajstić information content (AvgIpc) is 2.46. The molecule has 0 radical (unpaired) electrons. The Kier molecular flexibility index (Phi) is 4.38. The molecule has 1 unspecified atom stereocenters. The van der Waals surface area contributed by atoms with Gasteiger partial charge in [-0.05, 0) is 24.3 Å². The van der Waals surface area contributed by atoms with Crippen LogP contribution in [-0.4, -0.2) is 60.3 Å². The van der Waals surface area contributed by atoms with E-state index < -0.39 is 22.0 Å². The summed E-state index contributed by atoms with van der Waals surface area (Å²) in [6, 6.07) is 4.24. The van der Waals surface area contributed by atoms with E-state index in [0.717, 1.165) is 4.31 Å². The number of sulfonamides is 1. The van der Waals surface area contributed by atoms with Crippen molar-refractivity contribution in [1.29, 1.82) is 0 Å². The molecule has 1 fully saturated rings. The average molecular weight is 327 g/mol. The van der Waals surface area contributed by atoms with E-state index in [1.807, 2.05) is 0 Å². The number of nitrogens with zero attached hydrogens (tertiary/aromatic N) is 2. The van der Waals surface area contributed by atoms with Crippen LogP contribution in [0.15, 0.2) is 29.2 Å². The fourth-order valence-corrected chi connectivity index (χ4v) is 3.88. The van der Waals surface area contributed by atoms with Gasteiger partial charge in [-0.15, -0.1) is 0 Å². The second-order valence-electron chi connectivity index (χ2n) is 5.00. The zero-order valence-electron chi connectivity index (χ0n) is 12.0. The lowest BCUT2D eigenvalue weighted by atomic mass is 10.2. The van der Waals surface area contributed by atoms with E-state index >= 15 is 0 Å². The predicted molar refractivity (Wildman–Crippen MR) is 78.4 cm³/mol. The SMILES string of the molecule is CC(=O)N1CCN(S(=O)(=O)c2ccc(N)cc2)C(C(=O)O)C1. The summed E-state index contributed by atoms with van der Waals surface area (Å²) in [7, 11) is -3.96. The number of anilines is 1. The highest BCUT2D eigenvalue weighted by molar-refractivity contribution is 7.89. The highest BCUT2D eigenvalue weighted by atomic mass is 32.2. The maximum atomic E-state index is 12.6. The minimum absolute atomic E-state index is 0.0239. The fraction of sp³-hybridized carbons (Fsp3) is 0.385. The summed E-state index contributed by atoms with van der Waals surface area (Å²) < 4.78 is 26.1. The molecule has 9 heteroatoms. The fourth-order valence-electron chi connectivity index (χ4n) is 2.32. The molecule has 120 valence electrons. The van der Waals surface area contributed by atoms with Crippen molar-refractivity contribution in [1.82, 2.24) is 9.21 Å². The van der Waals surface area contributed by atoms with Crippen molar-refractivity contribution in [2.75, 3.05) is 25.4 Å². The first-order valence-electron chi connectivity index (χ1n) is 6.59. The van der Waals surface area contributed by atoms with Crippen LogP contribution in [0, 0.1) is 0 Å². The van der Waals surface area contributed by atoms with Gasteiger partial charge in [0.2, 0.25) is 15.9 Å². The summed E-state index contributed by atoms with van der Waals surface area (Å²) in [5.74, 6) is -1.57. The molecular formula is C13H17N3O5S. The minimum atomic E-state index is -3.96. The lowest BCUT2D eigenvalue weighted by Crippen LogP contribution is -2.58. The number of carboxylic acids is 1. The van der Waals surface area contributed by atoms with Gasteiger partial charge in [0.05, 0.1) is 4.90 Å². The Hall–Kier alpha value is -2.13. The van der Waals surface area contributed by atoms with Crippen LogP contribution in [-0.2, 0) is 19.6 Å². The third-order valence-corrected chi connectivity index (χ3v) is 5.47. The van der Waals surface area contributed by atoms with Gasteiger partial charge in [-0.25, -0.2) is 8.42 Å². The Morgan fingerprint density at radius 2 is 1.82 bits per heavy atom. The van der Waals surface area contributed by atoms with Gasteiger partial charge in [-0.3, -0.25) is 9.59 Å². The number of amides is 1. The van der Waals surface area contributed by atoms with E-state index in [1.54, 1.807) is 0 Å². The Morgan fingerprint density at radius 3 is 2.32 bits per heavy atom. The van der Waals surface area contributed by atoms with Gasteiger partial charge in [0.1, 0.15) is 6.04 Å². The lowest BCUT2D eigenvalue weighted by molar-refractivity contribution is -0.145. The summed E-state index contributed by atoms with van der Waals surface area (Å²) in [6.07, 6.45) is 0. The molecule has 1 aromatic carbocycles. The molecule has 22 heavy (non-hydrogen) atoms. The third kappa shape index (κ3) is 3.04. The monoisotopic (exact) mass is 327 g/mol. The molecule has 1 amide bonds. The smallest absolute Gasteiger partial charge is 0.323 e. The van der Waals surface area contributed by atoms with E-state index in [-0.39, 0.29) is 30.4 Å². The first-order valence-corrected chi connectivity index (χ1v) is 8.03. The summed E-state index contributed by atoms with van der Waals surface area (Å²) in [5.41, 5.74) is 5.94. The van der Waals surface area contributed by atoms with Crippen molar-refractivity contribution in [2.45, 2.75) is 17.9 Å². The summed E-state index contributed by atoms with van der Waals surface area (Å²) in [6.45, 7) is 1.25. The molecule has 0 bridgehead atoms. The molecule has 1 atom stereocenters. The number of nitrogen functional groups attached to an aromatic ring is 1. The van der Waals surface area contributed by atoms with Crippen molar-refractivity contribution in [3.05, 3.63) is 24.3 Å². The van der Waals surface area contributed by atoms with Crippen LogP contribution in [0.4, 0.5) is 5.69 Å². The molecule has 3 N–H and O–H groups in total. The number of nitrogens with two attached hydrogens (primary N) is 1. The number of hydrogen-bond donors (Lipinski definition) is 2. The van der Waals surface area contributed by atoms with Gasteiger partial charge >= 0.3 is 5.97 Å². The molecule has 0 saturated carbocycles. The zero-order chi connectivity index (χ0) is 16.5. The first-order chi connectivity index (χ1) is 10.2. The number of benzene rings is 1. The minimum Gasteiger partial charge on any atom is -0.480 e. The molecule has 1 saturated heterocycles. The zero-order valence-corrected chi connectivity index (χ0v) is 12.8. The van der Waals surface area contributed by atoms with Gasteiger partial charge in [0, 0.05) is 32.2 Å². The molecule has 1 aliphatic rings. The standard InChI is InChI=1S/C13H17N3O5S/c1-9(17)15-6-7-16(12(8-15)13(18)19)22(20,21)11-4-2-10(14)3-5-11/h2-5,12H,6-8,14H2,1H3,(H,18,19). The molecule has 0 aliphatic carbocycles. The highest BCUT2D eigenvalue weighted by Crippen LogP contribution is 2.22. The second-order valence-corrected chi connectivity index (χ2v) is 6.89. The Morgan fingerprint density at radius 1 is 1.23 bits per heavy atom. The van der Waals surface area contributed by atoms with E-state index in [9.17, 15) is 23.1 Å². The van der Waals surface area contributed by atoms with Crippen LogP contribution in [0.1, 0.15) is 6.92 Å². The van der Waals surface area contributed by atoms with Gasteiger partial charge in [0.25, 0.3) is 0 Å². The molecule has 0 aromatic heterocycles. The van der Waals surface area contributed by atoms with Gasteiger partial charge in [-0.1, -0.05) is 0 Å². The predicted octanol–water partition coefficient (Wildman–Crippen LogP) is -0.425. The van der Waals surface area contributed by atoms with Crippen LogP contribution in [0.3, 0.4) is 0 Å². The highest BCUT2D eigenvalue weighted by Gasteiger charge is 2.40. The quantitative estimate of drug-likeness (QED) is 0.727. The van der Waals surface area contributed by atoms with Crippen LogP contribution in [0.2, 0.25) is 0 Å². The molecule has 8 nitrogen and oxygen atoms in total. The molecular weight excluding hydrogens is 310 g/mol. The molecule has 1 heterocycles.